The summed E-state index contributed by atoms with van der Waals surface area (Å²) in [6, 6.07) is 0.551. The zero-order chi connectivity index (χ0) is 11.7. The number of allylic oxidation sites excluding steroid dienone is 1. The first-order chi connectivity index (χ1) is 8.33. The smallest absolute Gasteiger partial charge is 0.163 e. The topological polar surface area (TPSA) is 35.1 Å². The average Bonchev–Trinajstić information content (AvgIpc) is 2.38. The van der Waals surface area contributed by atoms with E-state index in [1.54, 1.807) is 0 Å². The SMILES string of the molecule is CC1[NH2+]CCOCCCCC2C3C=COC12C3.[Br-]. The van der Waals surface area contributed by atoms with E-state index in [0.717, 1.165) is 31.6 Å². The summed E-state index contributed by atoms with van der Waals surface area (Å²) in [4.78, 5) is 0. The van der Waals surface area contributed by atoms with Crippen LogP contribution in [0, 0.1) is 11.8 Å². The number of nitrogens with two attached hydrogens (primary N) is 1. The van der Waals surface area contributed by atoms with Gasteiger partial charge in [-0.25, -0.2) is 0 Å². The lowest BCUT2D eigenvalue weighted by atomic mass is 9.55. The zero-order valence-electron chi connectivity index (χ0n) is 11.1. The van der Waals surface area contributed by atoms with Crippen molar-refractivity contribution in [3.05, 3.63) is 12.3 Å². The van der Waals surface area contributed by atoms with Crippen molar-refractivity contribution in [3.63, 3.8) is 0 Å². The molecule has 2 bridgehead atoms. The maximum atomic E-state index is 6.07. The van der Waals surface area contributed by atoms with Crippen LogP contribution in [0.5, 0.6) is 0 Å². The van der Waals surface area contributed by atoms with Gasteiger partial charge in [-0.1, -0.05) is 6.42 Å². The second-order valence-electron chi connectivity index (χ2n) is 5.80. The second kappa shape index (κ2) is 5.93. The molecular weight excluding hydrogens is 294 g/mol. The summed E-state index contributed by atoms with van der Waals surface area (Å²) in [5.74, 6) is 1.53. The van der Waals surface area contributed by atoms with Crippen molar-refractivity contribution in [1.29, 1.82) is 0 Å². The highest BCUT2D eigenvalue weighted by molar-refractivity contribution is 5.16. The molecule has 4 heteroatoms. The van der Waals surface area contributed by atoms with Crippen LogP contribution in [0.1, 0.15) is 32.6 Å². The van der Waals surface area contributed by atoms with Crippen molar-refractivity contribution in [2.75, 3.05) is 19.8 Å². The molecular formula is C14H24BrNO2. The number of rotatable bonds is 0. The largest absolute Gasteiger partial charge is 1.00 e. The summed E-state index contributed by atoms with van der Waals surface area (Å²) in [6.07, 6.45) is 9.24. The summed E-state index contributed by atoms with van der Waals surface area (Å²) < 4.78 is 11.7. The maximum Gasteiger partial charge on any atom is 0.163 e. The van der Waals surface area contributed by atoms with Gasteiger partial charge in [-0.05, 0) is 31.8 Å². The predicted octanol–water partition coefficient (Wildman–Crippen LogP) is -1.94. The molecule has 3 rings (SSSR count). The summed E-state index contributed by atoms with van der Waals surface area (Å²) in [7, 11) is 0. The Labute approximate surface area is 120 Å². The van der Waals surface area contributed by atoms with Gasteiger partial charge in [-0.15, -0.1) is 0 Å². The van der Waals surface area contributed by atoms with Crippen LogP contribution in [0.15, 0.2) is 12.3 Å². The Morgan fingerprint density at radius 1 is 1.28 bits per heavy atom. The van der Waals surface area contributed by atoms with E-state index in [1.807, 2.05) is 6.26 Å². The van der Waals surface area contributed by atoms with Gasteiger partial charge in [-0.2, -0.15) is 0 Å². The molecule has 18 heavy (non-hydrogen) atoms. The van der Waals surface area contributed by atoms with E-state index in [2.05, 4.69) is 18.3 Å². The van der Waals surface area contributed by atoms with Crippen LogP contribution < -0.4 is 22.3 Å². The fourth-order valence-electron chi connectivity index (χ4n) is 3.83. The molecule has 0 amide bonds. The molecule has 2 N–H and O–H groups in total. The minimum Gasteiger partial charge on any atom is -1.00 e. The lowest BCUT2D eigenvalue weighted by Crippen LogP contribution is -3.00. The molecule has 0 radical (unpaired) electrons. The molecule has 1 aliphatic carbocycles. The van der Waals surface area contributed by atoms with Gasteiger partial charge in [0.1, 0.15) is 6.04 Å². The normalized spacial score (nSPS) is 43.5. The van der Waals surface area contributed by atoms with Gasteiger partial charge >= 0.3 is 0 Å². The minimum atomic E-state index is 0. The van der Waals surface area contributed by atoms with Gasteiger partial charge in [0, 0.05) is 18.9 Å². The molecule has 2 fully saturated rings. The van der Waals surface area contributed by atoms with E-state index >= 15 is 0 Å². The van der Waals surface area contributed by atoms with Crippen LogP contribution in [0.2, 0.25) is 0 Å². The number of ether oxygens (including phenoxy) is 2. The van der Waals surface area contributed by atoms with E-state index in [-0.39, 0.29) is 22.6 Å². The van der Waals surface area contributed by atoms with Crippen molar-refractivity contribution in [1.82, 2.24) is 0 Å². The third-order valence-electron chi connectivity index (χ3n) is 4.92. The molecule has 4 atom stereocenters. The number of halogens is 1. The average molecular weight is 318 g/mol. The van der Waals surface area contributed by atoms with Crippen LogP contribution >= 0.6 is 0 Å². The molecule has 3 aliphatic rings. The van der Waals surface area contributed by atoms with E-state index < -0.39 is 0 Å². The highest BCUT2D eigenvalue weighted by Gasteiger charge is 2.60. The standard InChI is InChI=1S/C14H23NO2.BrH/c1-11-14-10-12(5-8-17-14)13(14)4-2-3-7-16-9-6-15-11;/h5,8,11-13,15H,2-4,6-7,9-10H2,1H3;1H. The minimum absolute atomic E-state index is 0. The van der Waals surface area contributed by atoms with Gasteiger partial charge < -0.3 is 31.8 Å². The molecule has 0 aromatic heterocycles. The lowest BCUT2D eigenvalue weighted by molar-refractivity contribution is -0.706. The van der Waals surface area contributed by atoms with Crippen molar-refractivity contribution in [2.24, 2.45) is 11.8 Å². The van der Waals surface area contributed by atoms with E-state index in [1.165, 1.54) is 25.7 Å². The van der Waals surface area contributed by atoms with Crippen LogP contribution in [0.4, 0.5) is 0 Å². The van der Waals surface area contributed by atoms with Crippen LogP contribution in [0.25, 0.3) is 0 Å². The quantitative estimate of drug-likeness (QED) is 0.564. The number of quaternary nitrogens is 1. The molecule has 0 aromatic carbocycles. The fourth-order valence-corrected chi connectivity index (χ4v) is 3.83. The van der Waals surface area contributed by atoms with Gasteiger partial charge in [0.25, 0.3) is 0 Å². The summed E-state index contributed by atoms with van der Waals surface area (Å²) in [5, 5.41) is 2.41. The van der Waals surface area contributed by atoms with Gasteiger partial charge in [0.15, 0.2) is 5.60 Å². The molecule has 0 spiro atoms. The Bertz CT molecular complexity index is 310. The highest BCUT2D eigenvalue weighted by Crippen LogP contribution is 2.54. The van der Waals surface area contributed by atoms with Gasteiger partial charge in [-0.3, -0.25) is 0 Å². The summed E-state index contributed by atoms with van der Waals surface area (Å²) in [5.41, 5.74) is 0.129. The predicted molar refractivity (Wildman–Crippen MR) is 65.5 cm³/mol. The molecule has 1 saturated carbocycles. The highest BCUT2D eigenvalue weighted by atomic mass is 79.9. The molecule has 2 heterocycles. The van der Waals surface area contributed by atoms with Crippen LogP contribution in [-0.2, 0) is 9.47 Å². The van der Waals surface area contributed by atoms with Crippen LogP contribution in [0.3, 0.4) is 0 Å². The molecule has 104 valence electrons. The molecule has 0 aromatic rings. The Morgan fingerprint density at radius 3 is 3.00 bits per heavy atom. The fraction of sp³-hybridized carbons (Fsp3) is 0.857. The van der Waals surface area contributed by atoms with E-state index in [4.69, 9.17) is 9.47 Å². The Balaban J connectivity index is 0.00000120. The van der Waals surface area contributed by atoms with Crippen molar-refractivity contribution in [3.8, 4) is 0 Å². The zero-order valence-corrected chi connectivity index (χ0v) is 12.7. The second-order valence-corrected chi connectivity index (χ2v) is 5.80. The lowest BCUT2D eigenvalue weighted by Gasteiger charge is -2.57. The Hall–Kier alpha value is -0.0600. The molecule has 1 saturated heterocycles. The summed E-state index contributed by atoms with van der Waals surface area (Å²) >= 11 is 0. The first-order valence-corrected chi connectivity index (χ1v) is 7.08. The molecule has 2 aliphatic heterocycles. The van der Waals surface area contributed by atoms with Crippen molar-refractivity contribution in [2.45, 2.75) is 44.2 Å². The van der Waals surface area contributed by atoms with Gasteiger partial charge in [0.05, 0.1) is 19.4 Å². The van der Waals surface area contributed by atoms with Crippen molar-refractivity contribution < 1.29 is 31.8 Å². The monoisotopic (exact) mass is 317 g/mol. The third kappa shape index (κ3) is 2.35. The first-order valence-electron chi connectivity index (χ1n) is 7.08. The van der Waals surface area contributed by atoms with E-state index in [9.17, 15) is 0 Å². The van der Waals surface area contributed by atoms with Gasteiger partial charge in [0.2, 0.25) is 0 Å². The summed E-state index contributed by atoms with van der Waals surface area (Å²) in [6.45, 7) is 5.20. The van der Waals surface area contributed by atoms with Crippen molar-refractivity contribution >= 4 is 0 Å². The number of hydrogen-bond donors (Lipinski definition) is 1. The first kappa shape index (κ1) is 14.4. The van der Waals surface area contributed by atoms with E-state index in [0.29, 0.717) is 6.04 Å². The Morgan fingerprint density at radius 2 is 2.17 bits per heavy atom. The Kier molecular flexibility index (Phi) is 4.73. The van der Waals surface area contributed by atoms with Crippen LogP contribution in [-0.4, -0.2) is 31.4 Å². The third-order valence-corrected chi connectivity index (χ3v) is 4.92. The molecule has 4 unspecified atom stereocenters. The maximum absolute atomic E-state index is 6.07. The number of hydrogen-bond acceptors (Lipinski definition) is 2. The molecule has 3 nitrogen and oxygen atoms in total.